The van der Waals surface area contributed by atoms with Gasteiger partial charge in [0.2, 0.25) is 0 Å². The maximum Gasteiger partial charge on any atom is 0.422 e. The smallest absolute Gasteiger partial charge is 0.422 e. The molecule has 0 aromatic heterocycles. The molecular weight excluding hydrogens is 576 g/mol. The third-order valence-electron chi connectivity index (χ3n) is 8.39. The van der Waals surface area contributed by atoms with Crippen molar-refractivity contribution in [2.24, 2.45) is 21.7 Å². The summed E-state index contributed by atoms with van der Waals surface area (Å²) in [6, 6.07) is 4.80. The molecule has 0 spiro atoms. The molecule has 5 nitrogen and oxygen atoms in total. The van der Waals surface area contributed by atoms with E-state index in [1.165, 1.54) is 81.6 Å². The number of alkyl halides is 6. The van der Waals surface area contributed by atoms with E-state index in [1.807, 2.05) is 0 Å². The molecule has 3 rings (SSSR count). The number of hydrogen-bond donors (Lipinski definition) is 0. The van der Waals surface area contributed by atoms with E-state index in [-0.39, 0.29) is 21.8 Å². The minimum atomic E-state index is -6.15. The van der Waals surface area contributed by atoms with Gasteiger partial charge in [-0.15, -0.1) is 0 Å². The van der Waals surface area contributed by atoms with E-state index < -0.39 is 68.1 Å². The largest absolute Gasteiger partial charge is 0.497 e. The number of carbonyl (C=O) groups is 2. The van der Waals surface area contributed by atoms with Gasteiger partial charge in [-0.05, 0) is 72.4 Å². The molecular formula is C32H43F6NO4. The highest BCUT2D eigenvalue weighted by Crippen LogP contribution is 2.87. The summed E-state index contributed by atoms with van der Waals surface area (Å²) in [4.78, 5) is 28.8. The minimum Gasteiger partial charge on any atom is -0.497 e. The van der Waals surface area contributed by atoms with Gasteiger partial charge in [-0.25, -0.2) is 0 Å². The Labute approximate surface area is 250 Å². The van der Waals surface area contributed by atoms with Gasteiger partial charge in [0.05, 0.1) is 12.6 Å². The van der Waals surface area contributed by atoms with Crippen LogP contribution in [-0.2, 0) is 9.53 Å². The summed E-state index contributed by atoms with van der Waals surface area (Å²) < 4.78 is 105. The lowest BCUT2D eigenvalue weighted by molar-refractivity contribution is -0.448. The molecule has 1 aromatic carbocycles. The van der Waals surface area contributed by atoms with Crippen molar-refractivity contribution in [3.8, 4) is 5.75 Å². The quantitative estimate of drug-likeness (QED) is 0.193. The van der Waals surface area contributed by atoms with Crippen LogP contribution in [-0.4, -0.2) is 52.9 Å². The van der Waals surface area contributed by atoms with Gasteiger partial charge in [-0.1, -0.05) is 62.3 Å². The zero-order valence-electron chi connectivity index (χ0n) is 27.2. The molecule has 1 heterocycles. The van der Waals surface area contributed by atoms with Crippen molar-refractivity contribution in [3.63, 3.8) is 0 Å². The van der Waals surface area contributed by atoms with Gasteiger partial charge in [0.15, 0.2) is 5.41 Å². The number of fused-ring (bicyclic) bond motifs is 1. The van der Waals surface area contributed by atoms with E-state index in [0.717, 1.165) is 12.1 Å². The molecule has 43 heavy (non-hydrogen) atoms. The molecule has 1 aliphatic heterocycles. The Kier molecular flexibility index (Phi) is 7.59. The predicted molar refractivity (Wildman–Crippen MR) is 150 cm³/mol. The Hall–Kier alpha value is -2.72. The molecule has 1 saturated heterocycles. The van der Waals surface area contributed by atoms with Crippen LogP contribution < -0.4 is 4.74 Å². The number of ether oxygens (including phenoxy) is 2. The van der Waals surface area contributed by atoms with Gasteiger partial charge in [-0.2, -0.15) is 26.3 Å². The van der Waals surface area contributed by atoms with Gasteiger partial charge < -0.3 is 14.4 Å². The molecule has 0 bridgehead atoms. The Balaban J connectivity index is 2.76. The fraction of sp³-hybridized carbons (Fsp3) is 0.688. The van der Waals surface area contributed by atoms with Crippen molar-refractivity contribution in [1.29, 1.82) is 0 Å². The Morgan fingerprint density at radius 1 is 0.698 bits per heavy atom. The molecule has 2 aliphatic rings. The second kappa shape index (κ2) is 9.39. The lowest BCUT2D eigenvalue weighted by Gasteiger charge is -2.86. The third-order valence-corrected chi connectivity index (χ3v) is 8.39. The van der Waals surface area contributed by atoms with Crippen molar-refractivity contribution >= 4 is 11.9 Å². The van der Waals surface area contributed by atoms with E-state index in [0.29, 0.717) is 0 Å². The number of hydrogen-bond acceptors (Lipinski definition) is 4. The summed E-state index contributed by atoms with van der Waals surface area (Å²) in [5.41, 5.74) is -16.6. The van der Waals surface area contributed by atoms with Crippen LogP contribution in [0.3, 0.4) is 0 Å². The summed E-state index contributed by atoms with van der Waals surface area (Å²) in [6.45, 7) is 18.0. The summed E-state index contributed by atoms with van der Waals surface area (Å²) in [7, 11) is 1.33. The molecule has 1 fully saturated rings. The maximum absolute atomic E-state index is 15.8. The predicted octanol–water partition coefficient (Wildman–Crippen LogP) is 8.53. The number of likely N-dealkylation sites (tertiary alicyclic amines) is 1. The first-order chi connectivity index (χ1) is 18.9. The zero-order chi connectivity index (χ0) is 33.8. The van der Waals surface area contributed by atoms with Crippen LogP contribution in [0.15, 0.2) is 35.4 Å². The molecule has 11 heteroatoms. The van der Waals surface area contributed by atoms with Crippen molar-refractivity contribution in [2.45, 2.75) is 112 Å². The summed E-state index contributed by atoms with van der Waals surface area (Å²) >= 11 is 0. The molecule has 1 aromatic rings. The fourth-order valence-electron chi connectivity index (χ4n) is 7.65. The van der Waals surface area contributed by atoms with Crippen LogP contribution in [0, 0.1) is 21.7 Å². The number of benzene rings is 1. The van der Waals surface area contributed by atoms with E-state index in [4.69, 9.17) is 9.47 Å². The average molecular weight is 620 g/mol. The number of amides is 1. The van der Waals surface area contributed by atoms with E-state index in [2.05, 4.69) is 0 Å². The number of rotatable bonds is 3. The normalized spacial score (nSPS) is 24.6. The van der Waals surface area contributed by atoms with E-state index in [1.54, 1.807) is 20.8 Å². The Morgan fingerprint density at radius 2 is 1.12 bits per heavy atom. The van der Waals surface area contributed by atoms with E-state index in [9.17, 15) is 9.59 Å². The first-order valence-electron chi connectivity index (χ1n) is 14.1. The van der Waals surface area contributed by atoms with Crippen LogP contribution in [0.25, 0.3) is 0 Å². The van der Waals surface area contributed by atoms with Crippen LogP contribution in [0.5, 0.6) is 5.75 Å². The Morgan fingerprint density at radius 3 is 1.42 bits per heavy atom. The number of carbonyl (C=O) groups excluding carboxylic acids is 2. The molecule has 1 amide bonds. The highest BCUT2D eigenvalue weighted by atomic mass is 19.4. The molecule has 0 radical (unpaired) electrons. The van der Waals surface area contributed by atoms with Crippen LogP contribution >= 0.6 is 0 Å². The van der Waals surface area contributed by atoms with Gasteiger partial charge in [0, 0.05) is 5.56 Å². The lowest BCUT2D eigenvalue weighted by atomic mass is 9.26. The Bertz CT molecular complexity index is 1320. The van der Waals surface area contributed by atoms with Crippen molar-refractivity contribution in [2.75, 3.05) is 7.11 Å². The summed E-state index contributed by atoms with van der Waals surface area (Å²) in [5, 5.41) is 0. The van der Waals surface area contributed by atoms with E-state index >= 15 is 26.3 Å². The van der Waals surface area contributed by atoms with Gasteiger partial charge in [-0.3, -0.25) is 9.59 Å². The second-order valence-electron chi connectivity index (χ2n) is 15.5. The molecule has 2 atom stereocenters. The number of nitrogens with zero attached hydrogens (tertiary/aromatic N) is 1. The molecule has 1 aliphatic carbocycles. The standard InChI is InChI=1S/C32H43F6NO4/c1-24(2,3)20-21(25(4,5)6)29(26(7,8)9)28(20,23(41)43-27(10,11)12)30(31(33,34)35,32(36,37)38)39(29)22(40)18-14-16-19(42-13)17-15-18/h14-17H,1-13H3/t28-,29+/m1/s1. The van der Waals surface area contributed by atoms with Crippen LogP contribution in [0.2, 0.25) is 0 Å². The fourth-order valence-corrected chi connectivity index (χ4v) is 7.65. The lowest BCUT2D eigenvalue weighted by Crippen LogP contribution is -3.04. The highest BCUT2D eigenvalue weighted by Gasteiger charge is 3.05. The van der Waals surface area contributed by atoms with Gasteiger partial charge in [0.1, 0.15) is 11.4 Å². The molecule has 0 unspecified atom stereocenters. The van der Waals surface area contributed by atoms with Crippen molar-refractivity contribution < 1.29 is 45.4 Å². The second-order valence-corrected chi connectivity index (χ2v) is 15.5. The first-order valence-corrected chi connectivity index (χ1v) is 14.1. The van der Waals surface area contributed by atoms with Gasteiger partial charge in [0.25, 0.3) is 11.4 Å². The minimum absolute atomic E-state index is 0.0818. The van der Waals surface area contributed by atoms with Crippen LogP contribution in [0.1, 0.15) is 93.4 Å². The van der Waals surface area contributed by atoms with Crippen LogP contribution in [0.4, 0.5) is 26.3 Å². The number of esters is 1. The maximum atomic E-state index is 15.8. The average Bonchev–Trinajstić information content (AvgIpc) is 2.73. The molecule has 0 N–H and O–H groups in total. The van der Waals surface area contributed by atoms with Crippen molar-refractivity contribution in [1.82, 2.24) is 4.90 Å². The summed E-state index contributed by atoms with van der Waals surface area (Å²) in [6.07, 6.45) is -12.3. The number of methoxy groups -OCH3 is 1. The monoisotopic (exact) mass is 619 g/mol. The third kappa shape index (κ3) is 4.25. The summed E-state index contributed by atoms with van der Waals surface area (Å²) in [5.74, 6) is -2.93. The molecule has 0 saturated carbocycles. The number of halogens is 6. The topological polar surface area (TPSA) is 55.8 Å². The first kappa shape index (κ1) is 34.8. The molecule has 242 valence electrons. The highest BCUT2D eigenvalue weighted by molar-refractivity contribution is 6.04. The van der Waals surface area contributed by atoms with Crippen molar-refractivity contribution in [3.05, 3.63) is 41.0 Å². The SMILES string of the molecule is COc1ccc(C(=O)N2C(C(F)(F)F)(C(F)(F)F)[C@@]3(C(=O)OC(C)(C)C)C(C(C)(C)C)=C(C(C)(C)C)[C@@]23C(C)(C)C)cc1. The zero-order valence-corrected chi connectivity index (χ0v) is 27.2. The van der Waals surface area contributed by atoms with Gasteiger partial charge >= 0.3 is 18.3 Å².